The standard InChI is InChI=1S/C17H20N2O4/c1-19(11-13-6-4-5-7-18-13)16(17(20)21)12-8-14(22-2)10-15(9-12)23-3/h4-10,16H,11H2,1-3H3,(H,20,21)/t16-/m1/s1. The van der Waals surface area contributed by atoms with Gasteiger partial charge in [0.15, 0.2) is 0 Å². The number of hydrogen-bond donors (Lipinski definition) is 1. The number of nitrogens with zero attached hydrogens (tertiary/aromatic N) is 2. The van der Waals surface area contributed by atoms with Crippen molar-refractivity contribution in [2.24, 2.45) is 0 Å². The van der Waals surface area contributed by atoms with Crippen molar-refractivity contribution in [3.63, 3.8) is 0 Å². The molecule has 0 unspecified atom stereocenters. The zero-order chi connectivity index (χ0) is 16.8. The van der Waals surface area contributed by atoms with E-state index >= 15 is 0 Å². The van der Waals surface area contributed by atoms with Crippen LogP contribution < -0.4 is 9.47 Å². The quantitative estimate of drug-likeness (QED) is 0.845. The fourth-order valence-corrected chi connectivity index (χ4v) is 2.41. The number of hydrogen-bond acceptors (Lipinski definition) is 5. The zero-order valence-electron chi connectivity index (χ0n) is 13.4. The van der Waals surface area contributed by atoms with Gasteiger partial charge in [0.1, 0.15) is 17.5 Å². The number of pyridine rings is 1. The Labute approximate surface area is 135 Å². The van der Waals surface area contributed by atoms with Crippen molar-refractivity contribution in [1.82, 2.24) is 9.88 Å². The fraction of sp³-hybridized carbons (Fsp3) is 0.294. The molecule has 0 radical (unpaired) electrons. The molecule has 23 heavy (non-hydrogen) atoms. The molecular formula is C17H20N2O4. The van der Waals surface area contributed by atoms with Crippen LogP contribution in [0.2, 0.25) is 0 Å². The number of benzene rings is 1. The smallest absolute Gasteiger partial charge is 0.325 e. The molecule has 0 bridgehead atoms. The van der Waals surface area contributed by atoms with Crippen molar-refractivity contribution in [3.8, 4) is 11.5 Å². The molecule has 0 saturated heterocycles. The molecule has 1 atom stereocenters. The Hall–Kier alpha value is -2.60. The summed E-state index contributed by atoms with van der Waals surface area (Å²) in [5.74, 6) is 0.160. The average molecular weight is 316 g/mol. The summed E-state index contributed by atoms with van der Waals surface area (Å²) in [4.78, 5) is 17.7. The predicted octanol–water partition coefficient (Wildman–Crippen LogP) is 2.36. The second kappa shape index (κ2) is 7.60. The topological polar surface area (TPSA) is 71.9 Å². The first kappa shape index (κ1) is 16.8. The number of aliphatic carboxylic acids is 1. The molecule has 0 saturated carbocycles. The van der Waals surface area contributed by atoms with E-state index in [4.69, 9.17) is 9.47 Å². The van der Waals surface area contributed by atoms with Crippen LogP contribution in [0.4, 0.5) is 0 Å². The van der Waals surface area contributed by atoms with E-state index in [2.05, 4.69) is 4.98 Å². The molecule has 1 heterocycles. The van der Waals surface area contributed by atoms with Gasteiger partial charge < -0.3 is 14.6 Å². The largest absolute Gasteiger partial charge is 0.497 e. The van der Waals surface area contributed by atoms with Gasteiger partial charge in [0.2, 0.25) is 0 Å². The molecule has 0 spiro atoms. The number of aromatic nitrogens is 1. The van der Waals surface area contributed by atoms with Crippen LogP contribution in [0, 0.1) is 0 Å². The maximum atomic E-state index is 11.8. The summed E-state index contributed by atoms with van der Waals surface area (Å²) in [6, 6.07) is 9.85. The minimum absolute atomic E-state index is 0.414. The van der Waals surface area contributed by atoms with E-state index in [1.165, 1.54) is 14.2 Å². The van der Waals surface area contributed by atoms with Crippen LogP contribution in [0.1, 0.15) is 17.3 Å². The van der Waals surface area contributed by atoms with E-state index < -0.39 is 12.0 Å². The molecule has 1 aromatic carbocycles. The average Bonchev–Trinajstić information content (AvgIpc) is 2.55. The van der Waals surface area contributed by atoms with Gasteiger partial charge in [-0.15, -0.1) is 0 Å². The van der Waals surface area contributed by atoms with Crippen molar-refractivity contribution in [2.45, 2.75) is 12.6 Å². The molecular weight excluding hydrogens is 296 g/mol. The van der Waals surface area contributed by atoms with Gasteiger partial charge in [-0.3, -0.25) is 14.7 Å². The summed E-state index contributed by atoms with van der Waals surface area (Å²) in [5.41, 5.74) is 1.39. The maximum absolute atomic E-state index is 11.8. The van der Waals surface area contributed by atoms with Gasteiger partial charge in [0.05, 0.1) is 19.9 Å². The summed E-state index contributed by atoms with van der Waals surface area (Å²) < 4.78 is 10.4. The van der Waals surface area contributed by atoms with Crippen molar-refractivity contribution < 1.29 is 19.4 Å². The second-order valence-electron chi connectivity index (χ2n) is 5.12. The lowest BCUT2D eigenvalue weighted by Crippen LogP contribution is -2.30. The minimum Gasteiger partial charge on any atom is -0.497 e. The Morgan fingerprint density at radius 1 is 1.22 bits per heavy atom. The second-order valence-corrected chi connectivity index (χ2v) is 5.12. The van der Waals surface area contributed by atoms with Gasteiger partial charge in [-0.25, -0.2) is 0 Å². The number of carbonyl (C=O) groups is 1. The van der Waals surface area contributed by atoms with Crippen LogP contribution in [0.15, 0.2) is 42.6 Å². The number of ether oxygens (including phenoxy) is 2. The lowest BCUT2D eigenvalue weighted by molar-refractivity contribution is -0.143. The molecule has 0 amide bonds. The van der Waals surface area contributed by atoms with Crippen LogP contribution >= 0.6 is 0 Å². The first-order chi connectivity index (χ1) is 11.0. The van der Waals surface area contributed by atoms with Gasteiger partial charge in [-0.1, -0.05) is 6.07 Å². The third-order valence-electron chi connectivity index (χ3n) is 3.50. The molecule has 6 heteroatoms. The molecule has 2 aromatic rings. The molecule has 0 aliphatic rings. The van der Waals surface area contributed by atoms with Crippen molar-refractivity contribution in [2.75, 3.05) is 21.3 Å². The highest BCUT2D eigenvalue weighted by Crippen LogP contribution is 2.29. The van der Waals surface area contributed by atoms with E-state index in [-0.39, 0.29) is 0 Å². The molecule has 1 N–H and O–H groups in total. The van der Waals surface area contributed by atoms with E-state index in [1.54, 1.807) is 36.3 Å². The lowest BCUT2D eigenvalue weighted by Gasteiger charge is -2.25. The first-order valence-electron chi connectivity index (χ1n) is 7.11. The number of carboxylic acids is 1. The molecule has 122 valence electrons. The van der Waals surface area contributed by atoms with Crippen LogP contribution in [-0.4, -0.2) is 42.2 Å². The molecule has 0 aliphatic carbocycles. The van der Waals surface area contributed by atoms with Gasteiger partial charge in [-0.2, -0.15) is 0 Å². The van der Waals surface area contributed by atoms with Gasteiger partial charge in [0, 0.05) is 18.8 Å². The first-order valence-corrected chi connectivity index (χ1v) is 7.11. The summed E-state index contributed by atoms with van der Waals surface area (Å²) in [7, 11) is 4.82. The Morgan fingerprint density at radius 2 is 1.87 bits per heavy atom. The molecule has 2 rings (SSSR count). The minimum atomic E-state index is -0.946. The van der Waals surface area contributed by atoms with Crippen LogP contribution in [0.5, 0.6) is 11.5 Å². The number of carboxylic acid groups (broad SMARTS) is 1. The fourth-order valence-electron chi connectivity index (χ4n) is 2.41. The van der Waals surface area contributed by atoms with Crippen molar-refractivity contribution in [3.05, 3.63) is 53.9 Å². The highest BCUT2D eigenvalue weighted by Gasteiger charge is 2.26. The zero-order valence-corrected chi connectivity index (χ0v) is 13.4. The Bertz CT molecular complexity index is 639. The van der Waals surface area contributed by atoms with Gasteiger partial charge in [0.25, 0.3) is 0 Å². The SMILES string of the molecule is COc1cc(OC)cc([C@H](C(=O)O)N(C)Cc2ccccn2)c1. The van der Waals surface area contributed by atoms with Crippen LogP contribution in [0.3, 0.4) is 0 Å². The third-order valence-corrected chi connectivity index (χ3v) is 3.50. The number of methoxy groups -OCH3 is 2. The van der Waals surface area contributed by atoms with E-state index in [0.29, 0.717) is 23.6 Å². The normalized spacial score (nSPS) is 12.0. The Balaban J connectivity index is 2.32. The molecule has 6 nitrogen and oxygen atoms in total. The molecule has 1 aromatic heterocycles. The van der Waals surface area contributed by atoms with Crippen molar-refractivity contribution in [1.29, 1.82) is 0 Å². The molecule has 0 fully saturated rings. The summed E-state index contributed by atoms with van der Waals surface area (Å²) >= 11 is 0. The third kappa shape index (κ3) is 4.20. The van der Waals surface area contributed by atoms with Gasteiger partial charge in [-0.05, 0) is 36.9 Å². The Morgan fingerprint density at radius 3 is 2.35 bits per heavy atom. The molecule has 0 aliphatic heterocycles. The highest BCUT2D eigenvalue weighted by molar-refractivity contribution is 5.76. The van der Waals surface area contributed by atoms with Crippen molar-refractivity contribution >= 4 is 5.97 Å². The lowest BCUT2D eigenvalue weighted by atomic mass is 10.0. The number of likely N-dealkylation sites (N-methyl/N-ethyl adjacent to an activating group) is 1. The maximum Gasteiger partial charge on any atom is 0.325 e. The van der Waals surface area contributed by atoms with E-state index in [0.717, 1.165) is 5.69 Å². The van der Waals surface area contributed by atoms with E-state index in [9.17, 15) is 9.90 Å². The summed E-state index contributed by atoms with van der Waals surface area (Å²) in [6.07, 6.45) is 1.69. The predicted molar refractivity (Wildman–Crippen MR) is 85.6 cm³/mol. The summed E-state index contributed by atoms with van der Waals surface area (Å²) in [6.45, 7) is 0.414. The Kier molecular flexibility index (Phi) is 5.54. The number of rotatable bonds is 7. The van der Waals surface area contributed by atoms with Crippen LogP contribution in [0.25, 0.3) is 0 Å². The van der Waals surface area contributed by atoms with Crippen LogP contribution in [-0.2, 0) is 11.3 Å². The summed E-state index contributed by atoms with van der Waals surface area (Å²) in [5, 5.41) is 9.66. The monoisotopic (exact) mass is 316 g/mol. The highest BCUT2D eigenvalue weighted by atomic mass is 16.5. The van der Waals surface area contributed by atoms with E-state index in [1.807, 2.05) is 18.2 Å². The van der Waals surface area contributed by atoms with Gasteiger partial charge >= 0.3 is 5.97 Å².